The Morgan fingerprint density at radius 2 is 1.39 bits per heavy atom. The lowest BCUT2D eigenvalue weighted by Crippen LogP contribution is -2.19. The van der Waals surface area contributed by atoms with Crippen LogP contribution in [0, 0.1) is 6.92 Å². The molecule has 0 aromatic heterocycles. The molecule has 3 nitrogen and oxygen atoms in total. The summed E-state index contributed by atoms with van der Waals surface area (Å²) in [7, 11) is 4.06. The van der Waals surface area contributed by atoms with E-state index in [0.29, 0.717) is 6.61 Å². The fourth-order valence-electron chi connectivity index (χ4n) is 2.99. The van der Waals surface area contributed by atoms with Crippen LogP contribution in [0.2, 0.25) is 0 Å². The highest BCUT2D eigenvalue weighted by Gasteiger charge is 2.11. The average Bonchev–Trinajstić information content (AvgIpc) is 2.71. The second kappa shape index (κ2) is 9.25. The van der Waals surface area contributed by atoms with E-state index in [1.807, 2.05) is 56.6 Å². The van der Waals surface area contributed by atoms with Gasteiger partial charge < -0.3 is 14.7 Å². The van der Waals surface area contributed by atoms with E-state index in [2.05, 4.69) is 36.1 Å². The number of allylic oxidation sites excluding steroid dienone is 1. The van der Waals surface area contributed by atoms with Gasteiger partial charge in [-0.3, -0.25) is 0 Å². The summed E-state index contributed by atoms with van der Waals surface area (Å²) in [6, 6.07) is 25.5. The van der Waals surface area contributed by atoms with Crippen molar-refractivity contribution in [2.45, 2.75) is 0 Å². The van der Waals surface area contributed by atoms with Gasteiger partial charge in [0.2, 0.25) is 0 Å². The van der Waals surface area contributed by atoms with Crippen LogP contribution in [0.5, 0.6) is 11.5 Å². The zero-order chi connectivity index (χ0) is 19.9. The Kier molecular flexibility index (Phi) is 6.51. The molecule has 0 heterocycles. The minimum absolute atomic E-state index is 0.248. The van der Waals surface area contributed by atoms with Crippen molar-refractivity contribution in [2.24, 2.45) is 0 Å². The van der Waals surface area contributed by atoms with Crippen molar-refractivity contribution >= 4 is 11.1 Å². The van der Waals surface area contributed by atoms with E-state index in [-0.39, 0.29) is 5.75 Å². The summed E-state index contributed by atoms with van der Waals surface area (Å²) < 4.78 is 5.81. The number of hydrogen-bond acceptors (Lipinski definition) is 3. The molecule has 1 N–H and O–H groups in total. The Labute approximate surface area is 167 Å². The van der Waals surface area contributed by atoms with E-state index in [1.54, 1.807) is 12.1 Å². The number of phenols is 1. The molecule has 0 aliphatic heterocycles. The summed E-state index contributed by atoms with van der Waals surface area (Å²) in [5.41, 5.74) is 5.10. The predicted molar refractivity (Wildman–Crippen MR) is 116 cm³/mol. The molecule has 0 bridgehead atoms. The standard InChI is InChI=1S/C25H26NO2/c1-19(20-7-5-4-6-8-20)25(21-9-13-23(27)14-10-21)22-11-15-24(16-12-22)28-18-17-26(2)3/h4-16,27H,1,17-18H2,2-3H3/b25-19-. The molecule has 3 rings (SSSR count). The molecule has 3 heteroatoms. The van der Waals surface area contributed by atoms with Crippen molar-refractivity contribution in [1.29, 1.82) is 0 Å². The molecule has 3 aromatic carbocycles. The maximum absolute atomic E-state index is 9.67. The van der Waals surface area contributed by atoms with E-state index in [4.69, 9.17) is 4.74 Å². The van der Waals surface area contributed by atoms with Crippen LogP contribution < -0.4 is 4.74 Å². The zero-order valence-electron chi connectivity index (χ0n) is 16.4. The lowest BCUT2D eigenvalue weighted by Gasteiger charge is -2.15. The van der Waals surface area contributed by atoms with Crippen LogP contribution in [0.4, 0.5) is 0 Å². The lowest BCUT2D eigenvalue weighted by atomic mass is 9.90. The van der Waals surface area contributed by atoms with E-state index >= 15 is 0 Å². The van der Waals surface area contributed by atoms with Gasteiger partial charge in [-0.25, -0.2) is 0 Å². The number of nitrogens with zero attached hydrogens (tertiary/aromatic N) is 1. The topological polar surface area (TPSA) is 32.7 Å². The maximum atomic E-state index is 9.67. The van der Waals surface area contributed by atoms with Crippen LogP contribution in [0.15, 0.2) is 78.9 Å². The van der Waals surface area contributed by atoms with Gasteiger partial charge in [0.1, 0.15) is 18.1 Å². The number of hydrogen-bond donors (Lipinski definition) is 1. The van der Waals surface area contributed by atoms with Crippen molar-refractivity contribution < 1.29 is 9.84 Å². The molecule has 3 aromatic rings. The monoisotopic (exact) mass is 372 g/mol. The third-order valence-electron chi connectivity index (χ3n) is 4.53. The maximum Gasteiger partial charge on any atom is 0.119 e. The van der Waals surface area contributed by atoms with Gasteiger partial charge >= 0.3 is 0 Å². The molecule has 0 amide bonds. The highest BCUT2D eigenvalue weighted by atomic mass is 16.5. The molecule has 143 valence electrons. The molecular formula is C25H26NO2. The van der Waals surface area contributed by atoms with Crippen LogP contribution in [0.25, 0.3) is 11.1 Å². The van der Waals surface area contributed by atoms with Crippen LogP contribution in [0.3, 0.4) is 0 Å². The first-order chi connectivity index (χ1) is 13.5. The summed E-state index contributed by atoms with van der Waals surface area (Å²) in [6.07, 6.45) is 0. The summed E-state index contributed by atoms with van der Waals surface area (Å²) in [4.78, 5) is 2.09. The molecule has 0 unspecified atom stereocenters. The van der Waals surface area contributed by atoms with E-state index < -0.39 is 0 Å². The third-order valence-corrected chi connectivity index (χ3v) is 4.53. The number of likely N-dealkylation sites (N-methyl/N-ethyl adjacent to an activating group) is 1. The van der Waals surface area contributed by atoms with Crippen molar-refractivity contribution in [2.75, 3.05) is 27.2 Å². The minimum Gasteiger partial charge on any atom is -0.508 e. The van der Waals surface area contributed by atoms with Gasteiger partial charge in [-0.1, -0.05) is 54.6 Å². The van der Waals surface area contributed by atoms with Crippen molar-refractivity contribution in [1.82, 2.24) is 4.90 Å². The molecule has 0 atom stereocenters. The van der Waals surface area contributed by atoms with E-state index in [9.17, 15) is 5.11 Å². The Morgan fingerprint density at radius 1 is 0.821 bits per heavy atom. The SMILES string of the molecule is [CH2]/C(=C(\c1ccc(O)cc1)c1ccc(OCCN(C)C)cc1)c1ccccc1. The highest BCUT2D eigenvalue weighted by Crippen LogP contribution is 2.33. The molecule has 28 heavy (non-hydrogen) atoms. The minimum atomic E-state index is 0.248. The van der Waals surface area contributed by atoms with E-state index in [1.165, 1.54) is 0 Å². The lowest BCUT2D eigenvalue weighted by molar-refractivity contribution is 0.261. The highest BCUT2D eigenvalue weighted by molar-refractivity contribution is 6.00. The van der Waals surface area contributed by atoms with Gasteiger partial charge in [0.25, 0.3) is 0 Å². The molecule has 0 spiro atoms. The molecule has 0 saturated heterocycles. The second-order valence-corrected chi connectivity index (χ2v) is 6.94. The number of ether oxygens (including phenoxy) is 1. The first-order valence-electron chi connectivity index (χ1n) is 9.33. The van der Waals surface area contributed by atoms with Gasteiger partial charge in [-0.15, -0.1) is 0 Å². The largest absolute Gasteiger partial charge is 0.508 e. The van der Waals surface area contributed by atoms with Crippen LogP contribution in [-0.2, 0) is 0 Å². The third kappa shape index (κ3) is 5.02. The predicted octanol–water partition coefficient (Wildman–Crippen LogP) is 5.13. The van der Waals surface area contributed by atoms with Gasteiger partial charge in [-0.2, -0.15) is 0 Å². The average molecular weight is 372 g/mol. The fourth-order valence-corrected chi connectivity index (χ4v) is 2.99. The van der Waals surface area contributed by atoms with Crippen LogP contribution in [-0.4, -0.2) is 37.3 Å². The van der Waals surface area contributed by atoms with Crippen molar-refractivity contribution in [3.63, 3.8) is 0 Å². The number of aromatic hydroxyl groups is 1. The van der Waals surface area contributed by atoms with Gasteiger partial charge in [-0.05, 0) is 73.1 Å². The Hall–Kier alpha value is -3.04. The number of rotatable bonds is 7. The van der Waals surface area contributed by atoms with Gasteiger partial charge in [0.15, 0.2) is 0 Å². The molecule has 0 fully saturated rings. The second-order valence-electron chi connectivity index (χ2n) is 6.94. The normalized spacial score (nSPS) is 12.0. The van der Waals surface area contributed by atoms with Gasteiger partial charge in [0.05, 0.1) is 0 Å². The van der Waals surface area contributed by atoms with E-state index in [0.717, 1.165) is 40.1 Å². The zero-order valence-corrected chi connectivity index (χ0v) is 16.4. The van der Waals surface area contributed by atoms with Gasteiger partial charge in [0, 0.05) is 6.54 Å². The Bertz CT molecular complexity index is 911. The molecule has 1 radical (unpaired) electrons. The quantitative estimate of drug-likeness (QED) is 0.584. The Balaban J connectivity index is 1.97. The molecular weight excluding hydrogens is 346 g/mol. The first-order valence-corrected chi connectivity index (χ1v) is 9.33. The summed E-state index contributed by atoms with van der Waals surface area (Å²) >= 11 is 0. The fraction of sp³-hybridized carbons (Fsp3) is 0.160. The summed E-state index contributed by atoms with van der Waals surface area (Å²) in [5.74, 6) is 1.10. The summed E-state index contributed by atoms with van der Waals surface area (Å²) in [5, 5.41) is 9.67. The van der Waals surface area contributed by atoms with Crippen LogP contribution >= 0.6 is 0 Å². The smallest absolute Gasteiger partial charge is 0.119 e. The van der Waals surface area contributed by atoms with Crippen LogP contribution in [0.1, 0.15) is 16.7 Å². The Morgan fingerprint density at radius 3 is 1.96 bits per heavy atom. The number of benzene rings is 3. The number of phenolic OH excluding ortho intramolecular Hbond substituents is 1. The van der Waals surface area contributed by atoms with Crippen molar-refractivity contribution in [3.8, 4) is 11.5 Å². The van der Waals surface area contributed by atoms with Crippen molar-refractivity contribution in [3.05, 3.63) is 102 Å². The molecule has 0 aliphatic carbocycles. The summed E-state index contributed by atoms with van der Waals surface area (Å²) in [6.45, 7) is 5.88. The first kappa shape index (κ1) is 19.7. The molecule has 0 aliphatic rings. The molecule has 0 saturated carbocycles.